The maximum Gasteiger partial charge on any atom is 0.270 e. The Morgan fingerprint density at radius 3 is 2.85 bits per heavy atom. The van der Waals surface area contributed by atoms with E-state index >= 15 is 0 Å². The number of nitrogens with one attached hydrogen (secondary N) is 1. The van der Waals surface area contributed by atoms with E-state index in [1.807, 2.05) is 28.8 Å². The number of aromatic nitrogens is 1. The van der Waals surface area contributed by atoms with Gasteiger partial charge in [-0.25, -0.2) is 0 Å². The molecular weight excluding hydrogens is 318 g/mol. The van der Waals surface area contributed by atoms with Crippen LogP contribution in [0.25, 0.3) is 0 Å². The number of nitrogens with zero attached hydrogens (tertiary/aromatic N) is 2. The number of rotatable bonds is 5. The Kier molecular flexibility index (Phi) is 5.66. The molecule has 1 aliphatic heterocycles. The van der Waals surface area contributed by atoms with Crippen molar-refractivity contribution >= 4 is 21.8 Å². The number of amides is 1. The first kappa shape index (κ1) is 15.6. The topological polar surface area (TPSA) is 37.3 Å². The number of piperidine rings is 1. The van der Waals surface area contributed by atoms with Crippen LogP contribution in [0.2, 0.25) is 0 Å². The second-order valence-corrected chi connectivity index (χ2v) is 6.53. The summed E-state index contributed by atoms with van der Waals surface area (Å²) in [7, 11) is 1.92. The molecule has 1 saturated heterocycles. The van der Waals surface area contributed by atoms with Gasteiger partial charge < -0.3 is 14.8 Å². The van der Waals surface area contributed by atoms with Crippen molar-refractivity contribution < 1.29 is 4.79 Å². The van der Waals surface area contributed by atoms with Crippen molar-refractivity contribution in [2.75, 3.05) is 26.7 Å². The number of carbonyl (C=O) groups is 1. The summed E-state index contributed by atoms with van der Waals surface area (Å²) < 4.78 is 3.02. The normalized spacial score (nSPS) is 16.4. The van der Waals surface area contributed by atoms with Crippen molar-refractivity contribution in [3.05, 3.63) is 22.4 Å². The summed E-state index contributed by atoms with van der Waals surface area (Å²) in [5.41, 5.74) is 0.787. The average Bonchev–Trinajstić information content (AvgIpc) is 2.80. The highest BCUT2D eigenvalue weighted by Gasteiger charge is 2.21. The van der Waals surface area contributed by atoms with E-state index in [-0.39, 0.29) is 5.91 Å². The molecule has 1 aliphatic rings. The SMILES string of the molecule is CCCn1cc(Br)cc1C(=O)N(C)CC1CCNCC1. The Morgan fingerprint density at radius 1 is 1.50 bits per heavy atom. The van der Waals surface area contributed by atoms with E-state index in [1.54, 1.807) is 0 Å². The third kappa shape index (κ3) is 3.85. The first-order chi connectivity index (χ1) is 9.61. The minimum absolute atomic E-state index is 0.127. The number of carbonyl (C=O) groups excluding carboxylic acids is 1. The van der Waals surface area contributed by atoms with Gasteiger partial charge in [-0.2, -0.15) is 0 Å². The molecule has 1 fully saturated rings. The molecule has 2 heterocycles. The molecule has 5 heteroatoms. The third-order valence-corrected chi connectivity index (χ3v) is 4.32. The van der Waals surface area contributed by atoms with Crippen LogP contribution in [0.1, 0.15) is 36.7 Å². The molecule has 1 N–H and O–H groups in total. The van der Waals surface area contributed by atoms with E-state index in [2.05, 4.69) is 28.2 Å². The van der Waals surface area contributed by atoms with E-state index in [1.165, 1.54) is 0 Å². The zero-order valence-corrected chi connectivity index (χ0v) is 13.9. The lowest BCUT2D eigenvalue weighted by Crippen LogP contribution is -2.37. The molecule has 0 atom stereocenters. The molecule has 1 amide bonds. The van der Waals surface area contributed by atoms with Crippen LogP contribution in [0.4, 0.5) is 0 Å². The Labute approximate surface area is 129 Å². The molecule has 0 unspecified atom stereocenters. The van der Waals surface area contributed by atoms with Crippen LogP contribution in [0.5, 0.6) is 0 Å². The molecular formula is C15H24BrN3O. The molecule has 2 rings (SSSR count). The van der Waals surface area contributed by atoms with Crippen molar-refractivity contribution in [1.29, 1.82) is 0 Å². The van der Waals surface area contributed by atoms with Gasteiger partial charge in [0.1, 0.15) is 5.69 Å². The van der Waals surface area contributed by atoms with Gasteiger partial charge in [-0.15, -0.1) is 0 Å². The van der Waals surface area contributed by atoms with Crippen molar-refractivity contribution in [2.24, 2.45) is 5.92 Å². The zero-order valence-electron chi connectivity index (χ0n) is 12.4. The number of hydrogen-bond donors (Lipinski definition) is 1. The fraction of sp³-hybridized carbons (Fsp3) is 0.667. The fourth-order valence-electron chi connectivity index (χ4n) is 2.81. The molecule has 0 saturated carbocycles. The quantitative estimate of drug-likeness (QED) is 0.893. The predicted molar refractivity (Wildman–Crippen MR) is 85.0 cm³/mol. The van der Waals surface area contributed by atoms with Crippen LogP contribution in [0.3, 0.4) is 0 Å². The van der Waals surface area contributed by atoms with Gasteiger partial charge in [0.25, 0.3) is 5.91 Å². The van der Waals surface area contributed by atoms with E-state index in [4.69, 9.17) is 0 Å². The van der Waals surface area contributed by atoms with Crippen LogP contribution in [-0.4, -0.2) is 42.1 Å². The second kappa shape index (κ2) is 7.27. The highest BCUT2D eigenvalue weighted by Crippen LogP contribution is 2.19. The molecule has 1 aromatic heterocycles. The van der Waals surface area contributed by atoms with Gasteiger partial charge in [0.15, 0.2) is 0 Å². The minimum Gasteiger partial charge on any atom is -0.342 e. The lowest BCUT2D eigenvalue weighted by Gasteiger charge is -2.27. The molecule has 4 nitrogen and oxygen atoms in total. The first-order valence-electron chi connectivity index (χ1n) is 7.43. The molecule has 1 aromatic rings. The largest absolute Gasteiger partial charge is 0.342 e. The van der Waals surface area contributed by atoms with Gasteiger partial charge >= 0.3 is 0 Å². The summed E-state index contributed by atoms with van der Waals surface area (Å²) in [5.74, 6) is 0.755. The highest BCUT2D eigenvalue weighted by atomic mass is 79.9. The Bertz CT molecular complexity index is 452. The lowest BCUT2D eigenvalue weighted by atomic mass is 9.97. The standard InChI is InChI=1S/C15H24BrN3O/c1-3-8-19-11-13(16)9-14(19)15(20)18(2)10-12-4-6-17-7-5-12/h9,11-12,17H,3-8,10H2,1-2H3. The average molecular weight is 342 g/mol. The monoisotopic (exact) mass is 341 g/mol. The van der Waals surface area contributed by atoms with Crippen LogP contribution >= 0.6 is 15.9 Å². The van der Waals surface area contributed by atoms with Gasteiger partial charge in [-0.05, 0) is 60.3 Å². The third-order valence-electron chi connectivity index (χ3n) is 3.88. The van der Waals surface area contributed by atoms with Gasteiger partial charge in [-0.1, -0.05) is 6.92 Å². The van der Waals surface area contributed by atoms with Crippen LogP contribution in [-0.2, 0) is 6.54 Å². The van der Waals surface area contributed by atoms with Crippen molar-refractivity contribution in [1.82, 2.24) is 14.8 Å². The molecule has 0 aliphatic carbocycles. The van der Waals surface area contributed by atoms with E-state index < -0.39 is 0 Å². The summed E-state index contributed by atoms with van der Waals surface area (Å²) in [6.45, 7) is 6.01. The summed E-state index contributed by atoms with van der Waals surface area (Å²) >= 11 is 3.47. The number of hydrogen-bond acceptors (Lipinski definition) is 2. The number of aryl methyl sites for hydroxylation is 1. The van der Waals surface area contributed by atoms with E-state index in [9.17, 15) is 4.79 Å². The van der Waals surface area contributed by atoms with Gasteiger partial charge in [-0.3, -0.25) is 4.79 Å². The lowest BCUT2D eigenvalue weighted by molar-refractivity contribution is 0.0752. The van der Waals surface area contributed by atoms with E-state index in [0.29, 0.717) is 5.92 Å². The van der Waals surface area contributed by atoms with Gasteiger partial charge in [0.05, 0.1) is 0 Å². The Hall–Kier alpha value is -0.810. The zero-order chi connectivity index (χ0) is 14.5. The maximum atomic E-state index is 12.6. The van der Waals surface area contributed by atoms with Crippen molar-refractivity contribution in [2.45, 2.75) is 32.7 Å². The Balaban J connectivity index is 2.01. The number of halogens is 1. The maximum absolute atomic E-state index is 12.6. The van der Waals surface area contributed by atoms with Crippen molar-refractivity contribution in [3.63, 3.8) is 0 Å². The molecule has 0 spiro atoms. The summed E-state index contributed by atoms with van der Waals surface area (Å²) in [4.78, 5) is 14.5. The second-order valence-electron chi connectivity index (χ2n) is 5.62. The summed E-state index contributed by atoms with van der Waals surface area (Å²) in [5, 5.41) is 3.36. The first-order valence-corrected chi connectivity index (χ1v) is 8.23. The van der Waals surface area contributed by atoms with Gasteiger partial charge in [0, 0.05) is 30.8 Å². The summed E-state index contributed by atoms with van der Waals surface area (Å²) in [6.07, 6.45) is 5.35. The fourth-order valence-corrected chi connectivity index (χ4v) is 3.27. The van der Waals surface area contributed by atoms with Crippen LogP contribution in [0.15, 0.2) is 16.7 Å². The predicted octanol–water partition coefficient (Wildman–Crippen LogP) is 2.73. The van der Waals surface area contributed by atoms with Crippen molar-refractivity contribution in [3.8, 4) is 0 Å². The van der Waals surface area contributed by atoms with E-state index in [0.717, 1.165) is 55.6 Å². The minimum atomic E-state index is 0.127. The van der Waals surface area contributed by atoms with Crippen LogP contribution < -0.4 is 5.32 Å². The molecule has 0 bridgehead atoms. The smallest absolute Gasteiger partial charge is 0.270 e. The molecule has 112 valence electrons. The molecule has 20 heavy (non-hydrogen) atoms. The highest BCUT2D eigenvalue weighted by molar-refractivity contribution is 9.10. The Morgan fingerprint density at radius 2 is 2.20 bits per heavy atom. The summed E-state index contributed by atoms with van der Waals surface area (Å²) in [6, 6.07) is 1.93. The van der Waals surface area contributed by atoms with Crippen LogP contribution in [0, 0.1) is 5.92 Å². The molecule has 0 radical (unpaired) electrons. The van der Waals surface area contributed by atoms with Gasteiger partial charge in [0.2, 0.25) is 0 Å². The molecule has 0 aromatic carbocycles.